The molecule has 0 saturated heterocycles. The summed E-state index contributed by atoms with van der Waals surface area (Å²) in [6.45, 7) is 6.84. The lowest BCUT2D eigenvalue weighted by Gasteiger charge is -2.03. The van der Waals surface area contributed by atoms with Gasteiger partial charge in [-0.1, -0.05) is 26.8 Å². The van der Waals surface area contributed by atoms with E-state index in [2.05, 4.69) is 6.92 Å². The summed E-state index contributed by atoms with van der Waals surface area (Å²) in [6, 6.07) is 0. The third-order valence-electron chi connectivity index (χ3n) is 1.76. The highest BCUT2D eigenvalue weighted by Crippen LogP contribution is 2.11. The van der Waals surface area contributed by atoms with Gasteiger partial charge in [0, 0.05) is 0 Å². The van der Waals surface area contributed by atoms with E-state index in [0.29, 0.717) is 0 Å². The molecule has 0 amide bonds. The van der Waals surface area contributed by atoms with Gasteiger partial charge in [0.15, 0.2) is 0 Å². The average Bonchev–Trinajstić information content (AvgIpc) is 2.43. The second-order valence-corrected chi connectivity index (χ2v) is 2.96. The number of rotatable bonds is 3. The van der Waals surface area contributed by atoms with Crippen LogP contribution in [0.5, 0.6) is 0 Å². The predicted octanol–water partition coefficient (Wildman–Crippen LogP) is 3.03. The van der Waals surface area contributed by atoms with Crippen molar-refractivity contribution in [1.29, 1.82) is 0 Å². The van der Waals surface area contributed by atoms with Crippen molar-refractivity contribution in [3.63, 3.8) is 0 Å². The minimum absolute atomic E-state index is 0.302. The molecule has 1 aliphatic carbocycles. The number of hydrogen-bond donors (Lipinski definition) is 1. The monoisotopic (exact) mass is 198 g/mol. The first-order valence-electron chi connectivity index (χ1n) is 5.52. The van der Waals surface area contributed by atoms with Gasteiger partial charge < -0.3 is 9.84 Å². The van der Waals surface area contributed by atoms with Crippen LogP contribution in [0.15, 0.2) is 24.0 Å². The Balaban J connectivity index is 0.000000791. The number of hydrogen-bond acceptors (Lipinski definition) is 2. The standard InChI is InChI=1S/C10H16O2.C2H6/c1-2-8-12-10-5-3-4-9(11)6-7-10;1-2/h5-7,9,11H,2-4,8H2,1H3;1-2H3. The summed E-state index contributed by atoms with van der Waals surface area (Å²) >= 11 is 0. The van der Waals surface area contributed by atoms with Gasteiger partial charge in [-0.2, -0.15) is 0 Å². The van der Waals surface area contributed by atoms with Crippen LogP contribution < -0.4 is 0 Å². The highest BCUT2D eigenvalue weighted by Gasteiger charge is 2.03. The van der Waals surface area contributed by atoms with Crippen LogP contribution in [0.1, 0.15) is 40.0 Å². The van der Waals surface area contributed by atoms with Crippen LogP contribution in [-0.4, -0.2) is 17.8 Å². The van der Waals surface area contributed by atoms with Crippen LogP contribution in [0.4, 0.5) is 0 Å². The summed E-state index contributed by atoms with van der Waals surface area (Å²) in [7, 11) is 0. The Morgan fingerprint density at radius 2 is 2.21 bits per heavy atom. The second-order valence-electron chi connectivity index (χ2n) is 2.96. The molecule has 1 atom stereocenters. The minimum atomic E-state index is -0.302. The van der Waals surface area contributed by atoms with Crippen molar-refractivity contribution in [2.24, 2.45) is 0 Å². The molecule has 1 rings (SSSR count). The van der Waals surface area contributed by atoms with Crippen LogP contribution in [0.25, 0.3) is 0 Å². The summed E-state index contributed by atoms with van der Waals surface area (Å²) < 4.78 is 5.42. The molecule has 0 spiro atoms. The van der Waals surface area contributed by atoms with Crippen LogP contribution in [0.2, 0.25) is 0 Å². The van der Waals surface area contributed by atoms with Gasteiger partial charge in [-0.3, -0.25) is 0 Å². The zero-order chi connectivity index (χ0) is 10.8. The Labute approximate surface area is 87.3 Å². The molecule has 0 aliphatic heterocycles. The molecular formula is C12H22O2. The van der Waals surface area contributed by atoms with Crippen molar-refractivity contribution in [1.82, 2.24) is 0 Å². The molecule has 14 heavy (non-hydrogen) atoms. The maximum Gasteiger partial charge on any atom is 0.115 e. The molecule has 1 aliphatic rings. The Hall–Kier alpha value is -0.760. The molecule has 2 heteroatoms. The summed E-state index contributed by atoms with van der Waals surface area (Å²) in [4.78, 5) is 0. The van der Waals surface area contributed by atoms with Gasteiger partial charge in [0.25, 0.3) is 0 Å². The topological polar surface area (TPSA) is 29.5 Å². The number of aliphatic hydroxyl groups is 1. The van der Waals surface area contributed by atoms with Crippen molar-refractivity contribution in [2.75, 3.05) is 6.61 Å². The third kappa shape index (κ3) is 5.81. The molecule has 0 aromatic carbocycles. The molecular weight excluding hydrogens is 176 g/mol. The minimum Gasteiger partial charge on any atom is -0.494 e. The summed E-state index contributed by atoms with van der Waals surface area (Å²) in [5, 5.41) is 9.26. The van der Waals surface area contributed by atoms with E-state index in [1.54, 1.807) is 6.08 Å². The molecule has 0 aromatic heterocycles. The molecule has 1 N–H and O–H groups in total. The van der Waals surface area contributed by atoms with E-state index >= 15 is 0 Å². The van der Waals surface area contributed by atoms with E-state index in [1.165, 1.54) is 0 Å². The van der Waals surface area contributed by atoms with E-state index in [-0.39, 0.29) is 6.10 Å². The smallest absolute Gasteiger partial charge is 0.115 e. The quantitative estimate of drug-likeness (QED) is 0.755. The summed E-state index contributed by atoms with van der Waals surface area (Å²) in [6.07, 6.45) is 8.09. The number of aliphatic hydroxyl groups excluding tert-OH is 1. The van der Waals surface area contributed by atoms with Gasteiger partial charge >= 0.3 is 0 Å². The zero-order valence-electron chi connectivity index (χ0n) is 9.49. The Morgan fingerprint density at radius 3 is 2.86 bits per heavy atom. The predicted molar refractivity (Wildman–Crippen MR) is 60.1 cm³/mol. The first-order chi connectivity index (χ1) is 6.83. The van der Waals surface area contributed by atoms with Crippen molar-refractivity contribution in [3.05, 3.63) is 24.0 Å². The van der Waals surface area contributed by atoms with Crippen molar-refractivity contribution < 1.29 is 9.84 Å². The SMILES string of the molecule is CC.CCCOC1=CCCC(O)C=C1. The van der Waals surface area contributed by atoms with Gasteiger partial charge in [-0.05, 0) is 31.4 Å². The lowest BCUT2D eigenvalue weighted by molar-refractivity contribution is 0.214. The lowest BCUT2D eigenvalue weighted by Crippen LogP contribution is -1.98. The lowest BCUT2D eigenvalue weighted by atomic mass is 10.2. The Kier molecular flexibility index (Phi) is 8.34. The normalized spacial score (nSPS) is 20.3. The number of ether oxygens (including phenoxy) is 1. The van der Waals surface area contributed by atoms with Crippen LogP contribution >= 0.6 is 0 Å². The molecule has 1 unspecified atom stereocenters. The molecule has 0 aromatic rings. The van der Waals surface area contributed by atoms with Crippen LogP contribution in [0, 0.1) is 0 Å². The second kappa shape index (κ2) is 8.82. The van der Waals surface area contributed by atoms with Gasteiger partial charge in [0.2, 0.25) is 0 Å². The highest BCUT2D eigenvalue weighted by atomic mass is 16.5. The Morgan fingerprint density at radius 1 is 1.50 bits per heavy atom. The molecule has 0 saturated carbocycles. The zero-order valence-corrected chi connectivity index (χ0v) is 9.49. The molecule has 0 radical (unpaired) electrons. The van der Waals surface area contributed by atoms with Crippen molar-refractivity contribution in [2.45, 2.75) is 46.1 Å². The van der Waals surface area contributed by atoms with Gasteiger partial charge in [-0.15, -0.1) is 0 Å². The maximum absolute atomic E-state index is 9.26. The summed E-state index contributed by atoms with van der Waals surface area (Å²) in [5.41, 5.74) is 0. The number of allylic oxidation sites excluding steroid dienone is 2. The fourth-order valence-electron chi connectivity index (χ4n) is 1.09. The fourth-order valence-corrected chi connectivity index (χ4v) is 1.09. The summed E-state index contributed by atoms with van der Waals surface area (Å²) in [5.74, 6) is 0.897. The van der Waals surface area contributed by atoms with Crippen LogP contribution in [0.3, 0.4) is 0 Å². The average molecular weight is 198 g/mol. The third-order valence-corrected chi connectivity index (χ3v) is 1.76. The highest BCUT2D eigenvalue weighted by molar-refractivity contribution is 5.15. The fraction of sp³-hybridized carbons (Fsp3) is 0.667. The Bertz CT molecular complexity index is 183. The van der Waals surface area contributed by atoms with E-state index in [9.17, 15) is 5.11 Å². The van der Waals surface area contributed by atoms with Crippen LogP contribution in [-0.2, 0) is 4.74 Å². The van der Waals surface area contributed by atoms with E-state index in [4.69, 9.17) is 4.74 Å². The van der Waals surface area contributed by atoms with E-state index in [0.717, 1.165) is 31.6 Å². The largest absolute Gasteiger partial charge is 0.494 e. The molecule has 0 heterocycles. The van der Waals surface area contributed by atoms with Gasteiger partial charge in [0.05, 0.1) is 12.7 Å². The first kappa shape index (κ1) is 13.2. The van der Waals surface area contributed by atoms with Gasteiger partial charge in [-0.25, -0.2) is 0 Å². The molecule has 0 fully saturated rings. The van der Waals surface area contributed by atoms with E-state index in [1.807, 2.05) is 26.0 Å². The van der Waals surface area contributed by atoms with Gasteiger partial charge in [0.1, 0.15) is 5.76 Å². The molecule has 82 valence electrons. The molecule has 2 nitrogen and oxygen atoms in total. The van der Waals surface area contributed by atoms with E-state index < -0.39 is 0 Å². The molecule has 0 bridgehead atoms. The van der Waals surface area contributed by atoms with Crippen molar-refractivity contribution >= 4 is 0 Å². The van der Waals surface area contributed by atoms with Crippen molar-refractivity contribution in [3.8, 4) is 0 Å². The first-order valence-corrected chi connectivity index (χ1v) is 5.52. The maximum atomic E-state index is 9.26.